The second kappa shape index (κ2) is 5.71. The molecular formula is C22H36O2Si. The molecule has 0 saturated heterocycles. The van der Waals surface area contributed by atoms with Gasteiger partial charge in [-0.2, -0.15) is 0 Å². The molecule has 0 aromatic carbocycles. The molecule has 2 nitrogen and oxygen atoms in total. The van der Waals surface area contributed by atoms with Gasteiger partial charge in [0.15, 0.2) is 0 Å². The Kier molecular flexibility index (Phi) is 4.07. The molecule has 0 aromatic heterocycles. The second-order valence-corrected chi connectivity index (χ2v) is 15.3. The van der Waals surface area contributed by atoms with Crippen molar-refractivity contribution in [3.05, 3.63) is 11.8 Å². The first kappa shape index (κ1) is 17.8. The first-order chi connectivity index (χ1) is 11.6. The number of hydrogen-bond donors (Lipinski definition) is 0. The molecule has 0 aliphatic heterocycles. The van der Waals surface area contributed by atoms with E-state index in [0.717, 1.165) is 43.4 Å². The number of carbonyl (C=O) groups is 1. The SMILES string of the molecule is C[C@]12CCC3C(CC[C@@H]4CC(O[Si](C)(C)C)=CC[C@]34C)C1CCC2=O. The minimum absolute atomic E-state index is 0.0149. The Balaban J connectivity index is 1.57. The van der Waals surface area contributed by atoms with Gasteiger partial charge in [-0.3, -0.25) is 4.79 Å². The van der Waals surface area contributed by atoms with Crippen molar-refractivity contribution < 1.29 is 9.22 Å². The van der Waals surface area contributed by atoms with Gasteiger partial charge in [0.25, 0.3) is 0 Å². The Labute approximate surface area is 154 Å². The maximum Gasteiger partial charge on any atom is 0.241 e. The molecule has 0 aromatic rings. The van der Waals surface area contributed by atoms with Crippen LogP contribution in [0.2, 0.25) is 19.6 Å². The normalized spacial score (nSPS) is 46.8. The van der Waals surface area contributed by atoms with E-state index < -0.39 is 8.32 Å². The summed E-state index contributed by atoms with van der Waals surface area (Å²) in [5.74, 6) is 4.92. The van der Waals surface area contributed by atoms with Gasteiger partial charge < -0.3 is 4.43 Å². The molecule has 0 N–H and O–H groups in total. The zero-order valence-electron chi connectivity index (χ0n) is 16.9. The number of fused-ring (bicyclic) bond motifs is 5. The molecule has 4 aliphatic rings. The third-order valence-corrected chi connectivity index (χ3v) is 9.30. The van der Waals surface area contributed by atoms with Gasteiger partial charge in [0, 0.05) is 18.3 Å². The fourth-order valence-corrected chi connectivity index (χ4v) is 8.05. The fraction of sp³-hybridized carbons (Fsp3) is 0.864. The molecule has 3 fully saturated rings. The van der Waals surface area contributed by atoms with Crippen LogP contribution in [0.5, 0.6) is 0 Å². The van der Waals surface area contributed by atoms with Gasteiger partial charge in [-0.1, -0.05) is 13.8 Å². The Hall–Kier alpha value is -0.573. The van der Waals surface area contributed by atoms with Crippen molar-refractivity contribution in [3.63, 3.8) is 0 Å². The van der Waals surface area contributed by atoms with E-state index in [1.165, 1.54) is 31.4 Å². The zero-order valence-corrected chi connectivity index (χ0v) is 17.9. The average Bonchev–Trinajstić information content (AvgIpc) is 2.82. The number of allylic oxidation sites excluding steroid dienone is 2. The minimum atomic E-state index is -1.50. The third kappa shape index (κ3) is 2.76. The highest BCUT2D eigenvalue weighted by Gasteiger charge is 2.59. The molecule has 0 radical (unpaired) electrons. The van der Waals surface area contributed by atoms with Crippen molar-refractivity contribution in [1.29, 1.82) is 0 Å². The van der Waals surface area contributed by atoms with Crippen LogP contribution in [0.3, 0.4) is 0 Å². The molecule has 0 spiro atoms. The van der Waals surface area contributed by atoms with Gasteiger partial charge in [-0.05, 0) is 93.3 Å². The molecular weight excluding hydrogens is 324 g/mol. The lowest BCUT2D eigenvalue weighted by Gasteiger charge is -2.59. The van der Waals surface area contributed by atoms with Crippen molar-refractivity contribution >= 4 is 14.1 Å². The monoisotopic (exact) mass is 360 g/mol. The number of ketones is 1. The summed E-state index contributed by atoms with van der Waals surface area (Å²) >= 11 is 0. The van der Waals surface area contributed by atoms with Crippen molar-refractivity contribution in [1.82, 2.24) is 0 Å². The second-order valence-electron chi connectivity index (χ2n) is 10.9. The molecule has 3 unspecified atom stereocenters. The molecule has 3 heteroatoms. The van der Waals surface area contributed by atoms with E-state index in [1.54, 1.807) is 0 Å². The highest BCUT2D eigenvalue weighted by atomic mass is 28.4. The van der Waals surface area contributed by atoms with Crippen LogP contribution in [0.15, 0.2) is 11.8 Å². The lowest BCUT2D eigenvalue weighted by Crippen LogP contribution is -2.52. The summed E-state index contributed by atoms with van der Waals surface area (Å²) in [4.78, 5) is 12.5. The van der Waals surface area contributed by atoms with Gasteiger partial charge >= 0.3 is 0 Å². The molecule has 140 valence electrons. The van der Waals surface area contributed by atoms with Crippen LogP contribution in [0.4, 0.5) is 0 Å². The standard InChI is InChI=1S/C22H36O2Si/c1-21-12-10-16(24-25(3,4)5)14-15(21)6-7-17-18-8-9-20(23)22(18,2)13-11-19(17)21/h10,15,17-19H,6-9,11-14H2,1-5H3/t15-,17?,18?,19?,21+,22+/m1/s1. The van der Waals surface area contributed by atoms with Crippen LogP contribution < -0.4 is 0 Å². The smallest absolute Gasteiger partial charge is 0.241 e. The maximum atomic E-state index is 12.5. The topological polar surface area (TPSA) is 26.3 Å². The summed E-state index contributed by atoms with van der Waals surface area (Å²) in [6, 6.07) is 0. The first-order valence-electron chi connectivity index (χ1n) is 10.5. The van der Waals surface area contributed by atoms with Crippen LogP contribution in [-0.2, 0) is 9.22 Å². The van der Waals surface area contributed by atoms with Crippen molar-refractivity contribution in [3.8, 4) is 0 Å². The van der Waals surface area contributed by atoms with E-state index in [1.807, 2.05) is 0 Å². The molecule has 4 rings (SSSR count). The average molecular weight is 361 g/mol. The summed E-state index contributed by atoms with van der Waals surface area (Å²) < 4.78 is 6.36. The Morgan fingerprint density at radius 3 is 2.56 bits per heavy atom. The highest BCUT2D eigenvalue weighted by molar-refractivity contribution is 6.70. The van der Waals surface area contributed by atoms with Crippen LogP contribution in [0, 0.1) is 34.5 Å². The minimum Gasteiger partial charge on any atom is -0.548 e. The highest BCUT2D eigenvalue weighted by Crippen LogP contribution is 2.65. The van der Waals surface area contributed by atoms with E-state index in [0.29, 0.717) is 17.1 Å². The van der Waals surface area contributed by atoms with E-state index in [2.05, 4.69) is 39.6 Å². The molecule has 25 heavy (non-hydrogen) atoms. The summed E-state index contributed by atoms with van der Waals surface area (Å²) in [5, 5.41) is 0. The third-order valence-electron chi connectivity index (χ3n) is 8.43. The fourth-order valence-electron chi connectivity index (χ4n) is 7.10. The summed E-state index contributed by atoms with van der Waals surface area (Å²) in [6.45, 7) is 11.7. The van der Waals surface area contributed by atoms with Crippen LogP contribution in [0.1, 0.15) is 65.2 Å². The molecule has 6 atom stereocenters. The lowest BCUT2D eigenvalue weighted by molar-refractivity contribution is -0.136. The van der Waals surface area contributed by atoms with Crippen molar-refractivity contribution in [2.45, 2.75) is 84.9 Å². The van der Waals surface area contributed by atoms with Gasteiger partial charge in [-0.25, -0.2) is 0 Å². The van der Waals surface area contributed by atoms with Crippen molar-refractivity contribution in [2.24, 2.45) is 34.5 Å². The lowest BCUT2D eigenvalue weighted by atomic mass is 9.46. The zero-order chi connectivity index (χ0) is 18.0. The number of hydrogen-bond acceptors (Lipinski definition) is 2. The summed E-state index contributed by atoms with van der Waals surface area (Å²) in [6.07, 6.45) is 11.9. The van der Waals surface area contributed by atoms with Gasteiger partial charge in [0.05, 0.1) is 5.76 Å². The molecule has 0 bridgehead atoms. The predicted octanol–water partition coefficient (Wildman–Crippen LogP) is 5.94. The summed E-state index contributed by atoms with van der Waals surface area (Å²) in [5.41, 5.74) is 0.448. The Morgan fingerprint density at radius 1 is 1.08 bits per heavy atom. The quantitative estimate of drug-likeness (QED) is 0.569. The van der Waals surface area contributed by atoms with E-state index in [9.17, 15) is 4.79 Å². The Morgan fingerprint density at radius 2 is 1.84 bits per heavy atom. The van der Waals surface area contributed by atoms with E-state index >= 15 is 0 Å². The first-order valence-corrected chi connectivity index (χ1v) is 14.0. The van der Waals surface area contributed by atoms with Crippen LogP contribution in [-0.4, -0.2) is 14.1 Å². The molecule has 3 saturated carbocycles. The van der Waals surface area contributed by atoms with Gasteiger partial charge in [-0.15, -0.1) is 0 Å². The largest absolute Gasteiger partial charge is 0.548 e. The maximum absolute atomic E-state index is 12.5. The number of Topliss-reactive ketones (excluding diaryl/α,β-unsaturated/α-hetero) is 1. The molecule has 4 aliphatic carbocycles. The Bertz CT molecular complexity index is 604. The van der Waals surface area contributed by atoms with Crippen LogP contribution >= 0.6 is 0 Å². The van der Waals surface area contributed by atoms with E-state index in [4.69, 9.17) is 4.43 Å². The molecule has 0 amide bonds. The molecule has 0 heterocycles. The van der Waals surface area contributed by atoms with Crippen LogP contribution in [0.25, 0.3) is 0 Å². The number of rotatable bonds is 2. The van der Waals surface area contributed by atoms with Gasteiger partial charge in [0.2, 0.25) is 8.32 Å². The summed E-state index contributed by atoms with van der Waals surface area (Å²) in [7, 11) is -1.50. The predicted molar refractivity (Wildman–Crippen MR) is 105 cm³/mol. The number of carbonyl (C=O) groups excluding carboxylic acids is 1. The van der Waals surface area contributed by atoms with Gasteiger partial charge in [0.1, 0.15) is 5.78 Å². The van der Waals surface area contributed by atoms with Crippen molar-refractivity contribution in [2.75, 3.05) is 0 Å². The van der Waals surface area contributed by atoms with E-state index in [-0.39, 0.29) is 5.41 Å².